The van der Waals surface area contributed by atoms with Crippen LogP contribution in [-0.4, -0.2) is 14.9 Å². The number of rotatable bonds is 5. The Bertz CT molecular complexity index is 854. The molecule has 2 aromatic heterocycles. The van der Waals surface area contributed by atoms with Crippen LogP contribution in [0.1, 0.15) is 11.1 Å². The maximum absolute atomic E-state index is 9.14. The van der Waals surface area contributed by atoms with Crippen LogP contribution in [0.25, 0.3) is 0 Å². The maximum atomic E-state index is 9.14. The van der Waals surface area contributed by atoms with E-state index in [2.05, 4.69) is 15.3 Å². The molecule has 3 aromatic rings. The Morgan fingerprint density at radius 2 is 1.96 bits per heavy atom. The number of aliphatic hydroxyl groups excluding tert-OH is 1. The average Bonchev–Trinajstić information content (AvgIpc) is 2.95. The van der Waals surface area contributed by atoms with E-state index in [-0.39, 0.29) is 6.61 Å². The van der Waals surface area contributed by atoms with Gasteiger partial charge >= 0.3 is 0 Å². The van der Waals surface area contributed by atoms with E-state index in [4.69, 9.17) is 10.8 Å². The molecule has 7 nitrogen and oxygen atoms in total. The molecule has 0 bridgehead atoms. The van der Waals surface area contributed by atoms with Crippen molar-refractivity contribution < 1.29 is 9.67 Å². The van der Waals surface area contributed by atoms with Crippen LogP contribution >= 0.6 is 0 Å². The number of nitrogen functional groups attached to an aromatic ring is 1. The summed E-state index contributed by atoms with van der Waals surface area (Å²) in [7, 11) is 1.97. The number of aliphatic hydroxyl groups is 1. The fraction of sp³-hybridized carbons (Fsp3) is 0.176. The predicted molar refractivity (Wildman–Crippen MR) is 89.9 cm³/mol. The Kier molecular flexibility index (Phi) is 4.62. The standard InChI is InChI=1S/C17H19N6O/c1-22-7-5-13(6-8-22)11-23-17(18)16(10-19-23)21-20-15-4-2-3-14(9-15)12-24/h2-10,24H,11-12,18H2,1H3/q+1. The Morgan fingerprint density at radius 1 is 1.17 bits per heavy atom. The highest BCUT2D eigenvalue weighted by atomic mass is 16.3. The Labute approximate surface area is 139 Å². The molecule has 0 radical (unpaired) electrons. The van der Waals surface area contributed by atoms with Crippen LogP contribution in [0, 0.1) is 0 Å². The zero-order chi connectivity index (χ0) is 16.9. The van der Waals surface area contributed by atoms with Gasteiger partial charge < -0.3 is 10.8 Å². The summed E-state index contributed by atoms with van der Waals surface area (Å²) in [5, 5.41) is 21.7. The average molecular weight is 323 g/mol. The Balaban J connectivity index is 1.76. The first-order valence-electron chi connectivity index (χ1n) is 7.52. The molecule has 0 aliphatic rings. The molecular weight excluding hydrogens is 304 g/mol. The van der Waals surface area contributed by atoms with Crippen molar-refractivity contribution in [2.45, 2.75) is 13.2 Å². The second-order valence-electron chi connectivity index (χ2n) is 5.47. The van der Waals surface area contributed by atoms with Gasteiger partial charge in [-0.05, 0) is 23.3 Å². The smallest absolute Gasteiger partial charge is 0.168 e. The minimum Gasteiger partial charge on any atom is -0.392 e. The third-order valence-corrected chi connectivity index (χ3v) is 3.61. The van der Waals surface area contributed by atoms with Gasteiger partial charge in [0.15, 0.2) is 12.4 Å². The van der Waals surface area contributed by atoms with Gasteiger partial charge in [-0.25, -0.2) is 9.25 Å². The van der Waals surface area contributed by atoms with Crippen LogP contribution in [0.4, 0.5) is 17.2 Å². The van der Waals surface area contributed by atoms with E-state index in [9.17, 15) is 0 Å². The van der Waals surface area contributed by atoms with Crippen molar-refractivity contribution in [3.05, 3.63) is 66.1 Å². The van der Waals surface area contributed by atoms with Gasteiger partial charge in [-0.2, -0.15) is 10.2 Å². The van der Waals surface area contributed by atoms with Gasteiger partial charge in [-0.3, -0.25) is 0 Å². The highest BCUT2D eigenvalue weighted by molar-refractivity contribution is 5.56. The van der Waals surface area contributed by atoms with E-state index in [1.807, 2.05) is 54.3 Å². The summed E-state index contributed by atoms with van der Waals surface area (Å²) in [4.78, 5) is 0. The molecule has 7 heteroatoms. The van der Waals surface area contributed by atoms with E-state index < -0.39 is 0 Å². The summed E-state index contributed by atoms with van der Waals surface area (Å²) >= 11 is 0. The van der Waals surface area contributed by atoms with Crippen molar-refractivity contribution in [3.63, 3.8) is 0 Å². The zero-order valence-electron chi connectivity index (χ0n) is 13.4. The molecule has 2 heterocycles. The van der Waals surface area contributed by atoms with E-state index >= 15 is 0 Å². The lowest BCUT2D eigenvalue weighted by Crippen LogP contribution is -2.26. The number of nitrogens with zero attached hydrogens (tertiary/aromatic N) is 5. The first-order valence-corrected chi connectivity index (χ1v) is 7.52. The number of azo groups is 1. The van der Waals surface area contributed by atoms with Gasteiger partial charge in [-0.1, -0.05) is 12.1 Å². The van der Waals surface area contributed by atoms with Crippen molar-refractivity contribution in [1.29, 1.82) is 0 Å². The SMILES string of the molecule is C[n+]1ccc(Cn2ncc(N=Nc3cccc(CO)c3)c2N)cc1. The number of nitrogens with two attached hydrogens (primary N) is 1. The maximum Gasteiger partial charge on any atom is 0.168 e. The lowest BCUT2D eigenvalue weighted by atomic mass is 10.2. The van der Waals surface area contributed by atoms with Crippen LogP contribution in [-0.2, 0) is 20.2 Å². The largest absolute Gasteiger partial charge is 0.392 e. The molecule has 0 fully saturated rings. The first kappa shape index (κ1) is 15.8. The molecule has 0 spiro atoms. The summed E-state index contributed by atoms with van der Waals surface area (Å²) in [5.41, 5.74) is 9.16. The monoisotopic (exact) mass is 323 g/mol. The summed E-state index contributed by atoms with van der Waals surface area (Å²) in [5.74, 6) is 0.463. The molecule has 3 N–H and O–H groups in total. The number of pyridine rings is 1. The van der Waals surface area contributed by atoms with Crippen molar-refractivity contribution in [1.82, 2.24) is 9.78 Å². The highest BCUT2D eigenvalue weighted by Gasteiger charge is 2.08. The van der Waals surface area contributed by atoms with E-state index in [0.717, 1.165) is 11.1 Å². The molecule has 0 amide bonds. The Morgan fingerprint density at radius 3 is 2.71 bits per heavy atom. The lowest BCUT2D eigenvalue weighted by Gasteiger charge is -2.03. The topological polar surface area (TPSA) is 92.7 Å². The minimum atomic E-state index is -0.0295. The van der Waals surface area contributed by atoms with Crippen LogP contribution in [0.3, 0.4) is 0 Å². The molecular formula is C17H19N6O+. The Hall–Kier alpha value is -3.06. The predicted octanol–water partition coefficient (Wildman–Crippen LogP) is 2.25. The van der Waals surface area contributed by atoms with Crippen molar-refractivity contribution in [3.8, 4) is 0 Å². The van der Waals surface area contributed by atoms with Crippen molar-refractivity contribution in [2.24, 2.45) is 17.3 Å². The minimum absolute atomic E-state index is 0.0295. The molecule has 0 atom stereocenters. The lowest BCUT2D eigenvalue weighted by molar-refractivity contribution is -0.671. The number of benzene rings is 1. The summed E-state index contributed by atoms with van der Waals surface area (Å²) in [6, 6.07) is 11.3. The van der Waals surface area contributed by atoms with Gasteiger partial charge in [0, 0.05) is 12.1 Å². The number of aromatic nitrogens is 3. The molecule has 24 heavy (non-hydrogen) atoms. The number of anilines is 1. The second kappa shape index (κ2) is 7.01. The van der Waals surface area contributed by atoms with Gasteiger partial charge in [0.1, 0.15) is 18.6 Å². The van der Waals surface area contributed by atoms with Crippen LogP contribution in [0.2, 0.25) is 0 Å². The molecule has 0 aliphatic carbocycles. The normalized spacial score (nSPS) is 11.2. The first-order chi connectivity index (χ1) is 11.7. The van der Waals surface area contributed by atoms with E-state index in [0.29, 0.717) is 23.7 Å². The molecule has 1 aromatic carbocycles. The molecule has 0 saturated heterocycles. The van der Waals surface area contributed by atoms with Crippen molar-refractivity contribution in [2.75, 3.05) is 5.73 Å². The molecule has 3 rings (SSSR count). The fourth-order valence-electron chi connectivity index (χ4n) is 2.23. The van der Waals surface area contributed by atoms with E-state index in [1.165, 1.54) is 0 Å². The summed E-state index contributed by atoms with van der Waals surface area (Å²) < 4.78 is 3.66. The van der Waals surface area contributed by atoms with Crippen LogP contribution in [0.15, 0.2) is 65.2 Å². The zero-order valence-corrected chi connectivity index (χ0v) is 13.4. The quantitative estimate of drug-likeness (QED) is 0.557. The van der Waals surface area contributed by atoms with Crippen molar-refractivity contribution >= 4 is 17.2 Å². The van der Waals surface area contributed by atoms with Crippen LogP contribution in [0.5, 0.6) is 0 Å². The highest BCUT2D eigenvalue weighted by Crippen LogP contribution is 2.25. The molecule has 122 valence electrons. The van der Waals surface area contributed by atoms with Crippen LogP contribution < -0.4 is 10.3 Å². The van der Waals surface area contributed by atoms with Gasteiger partial charge in [0.25, 0.3) is 0 Å². The summed E-state index contributed by atoms with van der Waals surface area (Å²) in [6.45, 7) is 0.542. The van der Waals surface area contributed by atoms with Gasteiger partial charge in [0.05, 0.1) is 25.0 Å². The summed E-state index contributed by atoms with van der Waals surface area (Å²) in [6.07, 6.45) is 5.55. The molecule has 0 saturated carbocycles. The number of hydrogen-bond acceptors (Lipinski definition) is 5. The van der Waals surface area contributed by atoms with E-state index in [1.54, 1.807) is 16.9 Å². The molecule has 0 unspecified atom stereocenters. The van der Waals surface area contributed by atoms with Gasteiger partial charge in [-0.15, -0.1) is 5.11 Å². The number of aryl methyl sites for hydroxylation is 1. The second-order valence-corrected chi connectivity index (χ2v) is 5.47. The third-order valence-electron chi connectivity index (χ3n) is 3.61. The van der Waals surface area contributed by atoms with Gasteiger partial charge in [0.2, 0.25) is 0 Å². The fourth-order valence-corrected chi connectivity index (χ4v) is 2.23. The molecule has 0 aliphatic heterocycles. The number of hydrogen-bond donors (Lipinski definition) is 2. The third kappa shape index (κ3) is 3.64.